The largest absolute Gasteiger partial charge is 0.382 e. The SMILES string of the molecule is CNC(C)c1cnn(CCOCCOC)c1. The van der Waals surface area contributed by atoms with Crippen LogP contribution in [0.5, 0.6) is 0 Å². The van der Waals surface area contributed by atoms with Crippen LogP contribution in [0.2, 0.25) is 0 Å². The highest BCUT2D eigenvalue weighted by atomic mass is 16.5. The second-order valence-electron chi connectivity index (χ2n) is 3.65. The van der Waals surface area contributed by atoms with Crippen molar-refractivity contribution in [1.29, 1.82) is 0 Å². The van der Waals surface area contributed by atoms with Gasteiger partial charge in [0.1, 0.15) is 0 Å². The lowest BCUT2D eigenvalue weighted by Gasteiger charge is -2.06. The summed E-state index contributed by atoms with van der Waals surface area (Å²) >= 11 is 0. The second kappa shape index (κ2) is 7.38. The van der Waals surface area contributed by atoms with Gasteiger partial charge >= 0.3 is 0 Å². The monoisotopic (exact) mass is 227 g/mol. The molecule has 16 heavy (non-hydrogen) atoms. The molecule has 5 heteroatoms. The third kappa shape index (κ3) is 4.30. The number of nitrogens with zero attached hydrogens (tertiary/aromatic N) is 2. The number of rotatable bonds is 8. The molecule has 1 atom stereocenters. The Bertz CT molecular complexity index is 289. The molecule has 0 radical (unpaired) electrons. The van der Waals surface area contributed by atoms with E-state index in [-0.39, 0.29) is 0 Å². The van der Waals surface area contributed by atoms with E-state index in [0.29, 0.717) is 25.9 Å². The third-order valence-electron chi connectivity index (χ3n) is 2.48. The molecule has 0 amide bonds. The molecule has 1 aromatic heterocycles. The minimum Gasteiger partial charge on any atom is -0.382 e. The van der Waals surface area contributed by atoms with Gasteiger partial charge in [-0.3, -0.25) is 4.68 Å². The van der Waals surface area contributed by atoms with Gasteiger partial charge in [0.05, 0.1) is 32.6 Å². The van der Waals surface area contributed by atoms with Crippen molar-refractivity contribution < 1.29 is 9.47 Å². The molecule has 0 fully saturated rings. The first kappa shape index (κ1) is 13.2. The number of nitrogens with one attached hydrogen (secondary N) is 1. The van der Waals surface area contributed by atoms with Crippen LogP contribution in [0.1, 0.15) is 18.5 Å². The normalized spacial score (nSPS) is 12.9. The summed E-state index contributed by atoms with van der Waals surface area (Å²) in [4.78, 5) is 0. The summed E-state index contributed by atoms with van der Waals surface area (Å²) in [6.45, 7) is 4.83. The molecule has 1 heterocycles. The van der Waals surface area contributed by atoms with E-state index in [1.165, 1.54) is 5.56 Å². The van der Waals surface area contributed by atoms with E-state index in [1.54, 1.807) is 7.11 Å². The Morgan fingerprint density at radius 1 is 1.44 bits per heavy atom. The standard InChI is InChI=1S/C11H21N3O2/c1-10(12-2)11-8-13-14(9-11)4-5-16-7-6-15-3/h8-10,12H,4-7H2,1-3H3. The summed E-state index contributed by atoms with van der Waals surface area (Å²) < 4.78 is 12.2. The first-order chi connectivity index (χ1) is 7.77. The van der Waals surface area contributed by atoms with Gasteiger partial charge in [-0.15, -0.1) is 0 Å². The molecule has 1 N–H and O–H groups in total. The lowest BCUT2D eigenvalue weighted by molar-refractivity contribution is 0.0654. The molecule has 0 saturated heterocycles. The number of ether oxygens (including phenoxy) is 2. The van der Waals surface area contributed by atoms with Crippen LogP contribution in [0, 0.1) is 0 Å². The average Bonchev–Trinajstić information content (AvgIpc) is 2.76. The second-order valence-corrected chi connectivity index (χ2v) is 3.65. The zero-order valence-electron chi connectivity index (χ0n) is 10.3. The van der Waals surface area contributed by atoms with Gasteiger partial charge in [0.25, 0.3) is 0 Å². The van der Waals surface area contributed by atoms with E-state index < -0.39 is 0 Å². The Morgan fingerprint density at radius 2 is 2.25 bits per heavy atom. The van der Waals surface area contributed by atoms with E-state index in [1.807, 2.05) is 24.1 Å². The molecular weight excluding hydrogens is 206 g/mol. The first-order valence-corrected chi connectivity index (χ1v) is 5.54. The van der Waals surface area contributed by atoms with Crippen LogP contribution in [0.25, 0.3) is 0 Å². The summed E-state index contributed by atoms with van der Waals surface area (Å²) in [6, 6.07) is 0.336. The van der Waals surface area contributed by atoms with Crippen LogP contribution in [-0.4, -0.2) is 43.8 Å². The average molecular weight is 227 g/mol. The molecule has 0 spiro atoms. The van der Waals surface area contributed by atoms with Gasteiger partial charge in [-0.1, -0.05) is 0 Å². The molecule has 0 aliphatic carbocycles. The van der Waals surface area contributed by atoms with Gasteiger partial charge in [-0.2, -0.15) is 5.10 Å². The first-order valence-electron chi connectivity index (χ1n) is 5.54. The minimum absolute atomic E-state index is 0.336. The van der Waals surface area contributed by atoms with Crippen LogP contribution in [0.3, 0.4) is 0 Å². The molecule has 0 saturated carbocycles. The van der Waals surface area contributed by atoms with E-state index >= 15 is 0 Å². The highest BCUT2D eigenvalue weighted by Gasteiger charge is 2.04. The van der Waals surface area contributed by atoms with Crippen molar-refractivity contribution in [3.8, 4) is 0 Å². The summed E-state index contributed by atoms with van der Waals surface area (Å²) in [7, 11) is 3.61. The smallest absolute Gasteiger partial charge is 0.0701 e. The summed E-state index contributed by atoms with van der Waals surface area (Å²) in [5, 5.41) is 7.45. The molecular formula is C11H21N3O2. The molecule has 5 nitrogen and oxygen atoms in total. The summed E-state index contributed by atoms with van der Waals surface area (Å²) in [5.74, 6) is 0. The van der Waals surface area contributed by atoms with Crippen molar-refractivity contribution in [2.75, 3.05) is 34.0 Å². The summed E-state index contributed by atoms with van der Waals surface area (Å²) in [5.41, 5.74) is 1.19. The highest BCUT2D eigenvalue weighted by molar-refractivity contribution is 5.08. The fourth-order valence-electron chi connectivity index (χ4n) is 1.29. The predicted octanol–water partition coefficient (Wildman–Crippen LogP) is 0.826. The van der Waals surface area contributed by atoms with Crippen molar-refractivity contribution in [2.45, 2.75) is 19.5 Å². The molecule has 0 bridgehead atoms. The Labute approximate surface area is 96.7 Å². The maximum absolute atomic E-state index is 5.37. The van der Waals surface area contributed by atoms with E-state index in [9.17, 15) is 0 Å². The van der Waals surface area contributed by atoms with E-state index in [2.05, 4.69) is 17.3 Å². The van der Waals surface area contributed by atoms with Crippen LogP contribution in [0.4, 0.5) is 0 Å². The van der Waals surface area contributed by atoms with Gasteiger partial charge in [0, 0.05) is 24.9 Å². The minimum atomic E-state index is 0.336. The molecule has 0 aliphatic heterocycles. The third-order valence-corrected chi connectivity index (χ3v) is 2.48. The quantitative estimate of drug-likeness (QED) is 0.668. The molecule has 0 aromatic carbocycles. The van der Waals surface area contributed by atoms with Gasteiger partial charge in [-0.25, -0.2) is 0 Å². The van der Waals surface area contributed by atoms with Crippen molar-refractivity contribution in [1.82, 2.24) is 15.1 Å². The van der Waals surface area contributed by atoms with E-state index in [4.69, 9.17) is 9.47 Å². The summed E-state index contributed by atoms with van der Waals surface area (Å²) in [6.07, 6.45) is 3.93. The lowest BCUT2D eigenvalue weighted by atomic mass is 10.2. The van der Waals surface area contributed by atoms with Gasteiger partial charge in [0.15, 0.2) is 0 Å². The molecule has 92 valence electrons. The van der Waals surface area contributed by atoms with Crippen molar-refractivity contribution in [3.63, 3.8) is 0 Å². The lowest BCUT2D eigenvalue weighted by Crippen LogP contribution is -2.12. The van der Waals surface area contributed by atoms with Gasteiger partial charge < -0.3 is 14.8 Å². The topological polar surface area (TPSA) is 48.3 Å². The van der Waals surface area contributed by atoms with Gasteiger partial charge in [-0.05, 0) is 14.0 Å². The Hall–Kier alpha value is -0.910. The van der Waals surface area contributed by atoms with E-state index in [0.717, 1.165) is 6.54 Å². The maximum Gasteiger partial charge on any atom is 0.0701 e. The molecule has 1 rings (SSSR count). The zero-order chi connectivity index (χ0) is 11.8. The number of hydrogen-bond acceptors (Lipinski definition) is 4. The molecule has 1 unspecified atom stereocenters. The maximum atomic E-state index is 5.37. The number of methoxy groups -OCH3 is 1. The number of hydrogen-bond donors (Lipinski definition) is 1. The molecule has 0 aliphatic rings. The van der Waals surface area contributed by atoms with Crippen LogP contribution in [-0.2, 0) is 16.0 Å². The fourth-order valence-corrected chi connectivity index (χ4v) is 1.29. The fraction of sp³-hybridized carbons (Fsp3) is 0.727. The van der Waals surface area contributed by atoms with Crippen molar-refractivity contribution in [2.24, 2.45) is 0 Å². The van der Waals surface area contributed by atoms with Crippen LogP contribution < -0.4 is 5.32 Å². The highest BCUT2D eigenvalue weighted by Crippen LogP contribution is 2.09. The van der Waals surface area contributed by atoms with Crippen LogP contribution >= 0.6 is 0 Å². The Kier molecular flexibility index (Phi) is 6.07. The number of aromatic nitrogens is 2. The van der Waals surface area contributed by atoms with Gasteiger partial charge in [0.2, 0.25) is 0 Å². The molecule has 1 aromatic rings. The Morgan fingerprint density at radius 3 is 2.94 bits per heavy atom. The van der Waals surface area contributed by atoms with Crippen molar-refractivity contribution >= 4 is 0 Å². The van der Waals surface area contributed by atoms with Crippen LogP contribution in [0.15, 0.2) is 12.4 Å². The van der Waals surface area contributed by atoms with Crippen molar-refractivity contribution in [3.05, 3.63) is 18.0 Å². The Balaban J connectivity index is 2.24. The zero-order valence-corrected chi connectivity index (χ0v) is 10.3. The predicted molar refractivity (Wildman–Crippen MR) is 62.4 cm³/mol.